The lowest BCUT2D eigenvalue weighted by molar-refractivity contribution is -0.132. The molecule has 1 aromatic heterocycles. The SMILES string of the molecule is CC(C)(C)CCN1CCC(C)(O)C(NC(=O)C2CCCC2)C1c1cccs1. The molecule has 0 spiro atoms. The Hall–Kier alpha value is -0.910. The third kappa shape index (κ3) is 5.12. The smallest absolute Gasteiger partial charge is 0.223 e. The summed E-state index contributed by atoms with van der Waals surface area (Å²) in [5.41, 5.74) is -0.621. The summed E-state index contributed by atoms with van der Waals surface area (Å²) in [6.07, 6.45) is 6.04. The van der Waals surface area contributed by atoms with Crippen molar-refractivity contribution in [3.05, 3.63) is 22.4 Å². The van der Waals surface area contributed by atoms with Crippen LogP contribution < -0.4 is 5.32 Å². The molecule has 1 aliphatic heterocycles. The van der Waals surface area contributed by atoms with E-state index in [1.54, 1.807) is 11.3 Å². The Labute approximate surface area is 168 Å². The van der Waals surface area contributed by atoms with Crippen LogP contribution in [0.25, 0.3) is 0 Å². The van der Waals surface area contributed by atoms with Gasteiger partial charge in [0.05, 0.1) is 17.7 Å². The predicted molar refractivity (Wildman–Crippen MR) is 112 cm³/mol. The van der Waals surface area contributed by atoms with Crippen molar-refractivity contribution < 1.29 is 9.90 Å². The Morgan fingerprint density at radius 1 is 1.37 bits per heavy atom. The lowest BCUT2D eigenvalue weighted by atomic mass is 9.80. The van der Waals surface area contributed by atoms with E-state index in [1.807, 2.05) is 6.92 Å². The van der Waals surface area contributed by atoms with Gasteiger partial charge < -0.3 is 10.4 Å². The zero-order valence-corrected chi connectivity index (χ0v) is 18.1. The molecule has 0 radical (unpaired) electrons. The Kier molecular flexibility index (Phi) is 6.34. The molecule has 5 heteroatoms. The summed E-state index contributed by atoms with van der Waals surface area (Å²) in [5, 5.41) is 16.6. The Balaban J connectivity index is 1.83. The molecule has 2 aliphatic rings. The molecular formula is C22H36N2O2S. The van der Waals surface area contributed by atoms with Crippen LogP contribution >= 0.6 is 11.3 Å². The third-order valence-corrected chi connectivity index (χ3v) is 7.23. The third-order valence-electron chi connectivity index (χ3n) is 6.29. The summed E-state index contributed by atoms with van der Waals surface area (Å²) >= 11 is 1.73. The average molecular weight is 393 g/mol. The van der Waals surface area contributed by atoms with E-state index in [1.165, 1.54) is 4.88 Å². The lowest BCUT2D eigenvalue weighted by Crippen LogP contribution is -2.63. The van der Waals surface area contributed by atoms with Crippen LogP contribution in [0.4, 0.5) is 0 Å². The number of aliphatic hydroxyl groups is 1. The zero-order chi connectivity index (χ0) is 19.7. The number of hydrogen-bond donors (Lipinski definition) is 2. The van der Waals surface area contributed by atoms with E-state index < -0.39 is 5.60 Å². The number of carbonyl (C=O) groups excluding carboxylic acids is 1. The van der Waals surface area contributed by atoms with Crippen LogP contribution in [-0.2, 0) is 4.79 Å². The van der Waals surface area contributed by atoms with Gasteiger partial charge in [-0.15, -0.1) is 11.3 Å². The van der Waals surface area contributed by atoms with Crippen LogP contribution in [0, 0.1) is 11.3 Å². The van der Waals surface area contributed by atoms with Gasteiger partial charge in [-0.1, -0.05) is 39.7 Å². The molecule has 0 aromatic carbocycles. The van der Waals surface area contributed by atoms with Crippen molar-refractivity contribution in [1.29, 1.82) is 0 Å². The fraction of sp³-hybridized carbons (Fsp3) is 0.773. The predicted octanol–water partition coefficient (Wildman–Crippen LogP) is 4.36. The van der Waals surface area contributed by atoms with Gasteiger partial charge in [-0.25, -0.2) is 0 Å². The van der Waals surface area contributed by atoms with Crippen LogP contribution in [0.15, 0.2) is 17.5 Å². The molecule has 1 saturated heterocycles. The van der Waals surface area contributed by atoms with Crippen molar-refractivity contribution in [2.45, 2.75) is 83.9 Å². The summed E-state index contributed by atoms with van der Waals surface area (Å²) in [4.78, 5) is 16.6. The highest BCUT2D eigenvalue weighted by molar-refractivity contribution is 7.10. The minimum Gasteiger partial charge on any atom is -0.388 e. The Morgan fingerprint density at radius 3 is 2.67 bits per heavy atom. The monoisotopic (exact) mass is 392 g/mol. The largest absolute Gasteiger partial charge is 0.388 e. The second-order valence-corrected chi connectivity index (χ2v) is 10.9. The van der Waals surface area contributed by atoms with Gasteiger partial charge in [0.25, 0.3) is 0 Å². The molecular weight excluding hydrogens is 356 g/mol. The average Bonchev–Trinajstić information content (AvgIpc) is 3.28. The summed E-state index contributed by atoms with van der Waals surface area (Å²) in [5.74, 6) is 0.256. The van der Waals surface area contributed by atoms with E-state index in [0.29, 0.717) is 6.42 Å². The Bertz CT molecular complexity index is 615. The molecule has 1 aliphatic carbocycles. The van der Waals surface area contributed by atoms with Gasteiger partial charge in [0.15, 0.2) is 0 Å². The first-order valence-corrected chi connectivity index (χ1v) is 11.4. The number of piperidine rings is 1. The maximum atomic E-state index is 12.9. The summed E-state index contributed by atoms with van der Waals surface area (Å²) in [6, 6.07) is 4.00. The summed E-state index contributed by atoms with van der Waals surface area (Å²) in [6.45, 7) is 10.6. The van der Waals surface area contributed by atoms with E-state index in [2.05, 4.69) is 48.5 Å². The minimum absolute atomic E-state index is 0.0430. The molecule has 2 fully saturated rings. The van der Waals surface area contributed by atoms with E-state index in [9.17, 15) is 9.90 Å². The highest BCUT2D eigenvalue weighted by Gasteiger charge is 2.47. The van der Waals surface area contributed by atoms with Gasteiger partial charge in [-0.2, -0.15) is 0 Å². The number of thiophene rings is 1. The quantitative estimate of drug-likeness (QED) is 0.783. The Morgan fingerprint density at radius 2 is 2.07 bits per heavy atom. The number of rotatable bonds is 5. The first kappa shape index (κ1) is 20.8. The lowest BCUT2D eigenvalue weighted by Gasteiger charge is -2.49. The van der Waals surface area contributed by atoms with Gasteiger partial charge in [0.2, 0.25) is 5.91 Å². The molecule has 2 heterocycles. The van der Waals surface area contributed by atoms with Crippen LogP contribution in [0.5, 0.6) is 0 Å². The number of likely N-dealkylation sites (tertiary alicyclic amines) is 1. The van der Waals surface area contributed by atoms with Crippen molar-refractivity contribution in [2.24, 2.45) is 11.3 Å². The zero-order valence-electron chi connectivity index (χ0n) is 17.3. The number of amides is 1. The number of nitrogens with zero attached hydrogens (tertiary/aromatic N) is 1. The molecule has 1 amide bonds. The van der Waals surface area contributed by atoms with Gasteiger partial charge in [0.1, 0.15) is 0 Å². The van der Waals surface area contributed by atoms with Crippen molar-refractivity contribution >= 4 is 17.2 Å². The summed E-state index contributed by atoms with van der Waals surface area (Å²) in [7, 11) is 0. The first-order chi connectivity index (χ1) is 12.7. The van der Waals surface area contributed by atoms with Gasteiger partial charge >= 0.3 is 0 Å². The summed E-state index contributed by atoms with van der Waals surface area (Å²) < 4.78 is 0. The normalized spacial score (nSPS) is 30.6. The van der Waals surface area contributed by atoms with Crippen molar-refractivity contribution in [2.75, 3.05) is 13.1 Å². The van der Waals surface area contributed by atoms with Crippen LogP contribution in [-0.4, -0.2) is 40.6 Å². The maximum absolute atomic E-state index is 12.9. The van der Waals surface area contributed by atoms with Gasteiger partial charge in [-0.05, 0) is 56.0 Å². The van der Waals surface area contributed by atoms with Crippen molar-refractivity contribution in [1.82, 2.24) is 10.2 Å². The minimum atomic E-state index is -0.888. The van der Waals surface area contributed by atoms with Gasteiger partial charge in [0, 0.05) is 17.3 Å². The molecule has 2 N–H and O–H groups in total. The number of carbonyl (C=O) groups is 1. The second-order valence-electron chi connectivity index (χ2n) is 9.88. The van der Waals surface area contributed by atoms with Crippen LogP contribution in [0.1, 0.15) is 77.1 Å². The second kappa shape index (κ2) is 8.22. The maximum Gasteiger partial charge on any atom is 0.223 e. The molecule has 0 bridgehead atoms. The molecule has 1 aromatic rings. The highest BCUT2D eigenvalue weighted by Crippen LogP contribution is 2.40. The first-order valence-electron chi connectivity index (χ1n) is 10.5. The molecule has 27 heavy (non-hydrogen) atoms. The fourth-order valence-corrected chi connectivity index (χ4v) is 5.34. The van der Waals surface area contributed by atoms with E-state index in [-0.39, 0.29) is 29.3 Å². The number of hydrogen-bond acceptors (Lipinski definition) is 4. The molecule has 3 unspecified atom stereocenters. The van der Waals surface area contributed by atoms with E-state index in [4.69, 9.17) is 0 Å². The van der Waals surface area contributed by atoms with Crippen LogP contribution in [0.3, 0.4) is 0 Å². The van der Waals surface area contributed by atoms with Crippen LogP contribution in [0.2, 0.25) is 0 Å². The van der Waals surface area contributed by atoms with Crippen molar-refractivity contribution in [3.8, 4) is 0 Å². The topological polar surface area (TPSA) is 52.6 Å². The fourth-order valence-electron chi connectivity index (χ4n) is 4.44. The molecule has 3 atom stereocenters. The molecule has 1 saturated carbocycles. The standard InChI is InChI=1S/C22H36N2O2S/c1-21(2,3)11-13-24-14-12-22(4,26)19(18(24)17-10-7-15-27-17)23-20(25)16-8-5-6-9-16/h7,10,15-16,18-19,26H,5-6,8-9,11-14H2,1-4H3,(H,23,25). The van der Waals surface area contributed by atoms with Gasteiger partial charge in [-0.3, -0.25) is 9.69 Å². The molecule has 3 rings (SSSR count). The highest BCUT2D eigenvalue weighted by atomic mass is 32.1. The molecule has 152 valence electrons. The van der Waals surface area contributed by atoms with E-state index in [0.717, 1.165) is 45.2 Å². The van der Waals surface area contributed by atoms with E-state index >= 15 is 0 Å². The molecule has 4 nitrogen and oxygen atoms in total. The number of nitrogens with one attached hydrogen (secondary N) is 1. The van der Waals surface area contributed by atoms with Crippen molar-refractivity contribution in [3.63, 3.8) is 0 Å².